The Labute approximate surface area is 127 Å². The first-order valence-corrected chi connectivity index (χ1v) is 6.99. The summed E-state index contributed by atoms with van der Waals surface area (Å²) in [6, 6.07) is 13.5. The summed E-state index contributed by atoms with van der Waals surface area (Å²) >= 11 is 6.16. The molecule has 0 fully saturated rings. The number of hydrogen-bond acceptors (Lipinski definition) is 2. The van der Waals surface area contributed by atoms with Crippen LogP contribution in [0.25, 0.3) is 16.6 Å². The van der Waals surface area contributed by atoms with Gasteiger partial charge < -0.3 is 5.32 Å². The van der Waals surface area contributed by atoms with Crippen LogP contribution in [0, 0.1) is 0 Å². The lowest BCUT2D eigenvalue weighted by Gasteiger charge is -2.06. The van der Waals surface area contributed by atoms with Crippen LogP contribution in [0.5, 0.6) is 0 Å². The number of likely N-dealkylation sites (N-methyl/N-ethyl adjacent to an activating group) is 1. The predicted octanol–water partition coefficient (Wildman–Crippen LogP) is 2.97. The number of aromatic nitrogens is 2. The maximum absolute atomic E-state index is 11.4. The molecule has 3 rings (SSSR count). The molecule has 0 aliphatic rings. The molecule has 0 bridgehead atoms. The van der Waals surface area contributed by atoms with E-state index in [1.165, 1.54) is 0 Å². The van der Waals surface area contributed by atoms with Crippen molar-refractivity contribution >= 4 is 28.4 Å². The lowest BCUT2D eigenvalue weighted by Crippen LogP contribution is -2.19. The summed E-state index contributed by atoms with van der Waals surface area (Å²) < 4.78 is 1.84. The Bertz CT molecular complexity index is 793. The van der Waals surface area contributed by atoms with Crippen LogP contribution in [0.2, 0.25) is 5.02 Å². The monoisotopic (exact) mass is 299 g/mol. The third kappa shape index (κ3) is 2.62. The molecule has 106 valence electrons. The molecule has 0 aliphatic heterocycles. The van der Waals surface area contributed by atoms with Gasteiger partial charge in [0.2, 0.25) is 5.91 Å². The highest BCUT2D eigenvalue weighted by atomic mass is 35.5. The van der Waals surface area contributed by atoms with Crippen LogP contribution in [0.1, 0.15) is 5.56 Å². The smallest absolute Gasteiger partial charge is 0.224 e. The molecule has 2 aromatic carbocycles. The summed E-state index contributed by atoms with van der Waals surface area (Å²) in [5, 5.41) is 8.62. The number of carbonyl (C=O) groups is 1. The molecule has 1 aromatic heterocycles. The van der Waals surface area contributed by atoms with Crippen LogP contribution < -0.4 is 5.32 Å². The number of fused-ring (bicyclic) bond motifs is 1. The molecule has 3 aromatic rings. The predicted molar refractivity (Wildman–Crippen MR) is 83.9 cm³/mol. The van der Waals surface area contributed by atoms with E-state index in [-0.39, 0.29) is 5.91 Å². The first-order chi connectivity index (χ1) is 10.2. The summed E-state index contributed by atoms with van der Waals surface area (Å²) in [7, 11) is 1.64. The van der Waals surface area contributed by atoms with Crippen LogP contribution in [-0.4, -0.2) is 22.7 Å². The van der Waals surface area contributed by atoms with Crippen molar-refractivity contribution in [3.63, 3.8) is 0 Å². The normalized spacial score (nSPS) is 10.8. The maximum Gasteiger partial charge on any atom is 0.224 e. The van der Waals surface area contributed by atoms with Gasteiger partial charge in [0.1, 0.15) is 0 Å². The van der Waals surface area contributed by atoms with E-state index in [9.17, 15) is 4.79 Å². The van der Waals surface area contributed by atoms with Crippen LogP contribution in [-0.2, 0) is 11.2 Å². The Kier molecular flexibility index (Phi) is 3.62. The fourth-order valence-corrected chi connectivity index (χ4v) is 2.47. The molecule has 1 N–H and O–H groups in total. The molecule has 0 saturated heterocycles. The zero-order chi connectivity index (χ0) is 14.8. The molecular weight excluding hydrogens is 286 g/mol. The van der Waals surface area contributed by atoms with Crippen LogP contribution in [0.3, 0.4) is 0 Å². The van der Waals surface area contributed by atoms with Gasteiger partial charge in [0.15, 0.2) is 0 Å². The van der Waals surface area contributed by atoms with Crippen molar-refractivity contribution in [3.05, 3.63) is 59.2 Å². The number of nitrogens with zero attached hydrogens (tertiary/aromatic N) is 2. The molecule has 0 atom stereocenters. The Morgan fingerprint density at radius 2 is 2.00 bits per heavy atom. The van der Waals surface area contributed by atoms with Gasteiger partial charge in [-0.05, 0) is 29.8 Å². The van der Waals surface area contributed by atoms with Crippen molar-refractivity contribution < 1.29 is 4.79 Å². The Morgan fingerprint density at radius 1 is 1.24 bits per heavy atom. The molecule has 1 amide bonds. The van der Waals surface area contributed by atoms with Crippen molar-refractivity contribution in [3.8, 4) is 5.69 Å². The zero-order valence-electron chi connectivity index (χ0n) is 11.5. The molecular formula is C16H14ClN3O. The highest BCUT2D eigenvalue weighted by molar-refractivity contribution is 6.35. The molecule has 0 spiro atoms. The molecule has 5 heteroatoms. The average Bonchev–Trinajstić information content (AvgIpc) is 2.93. The van der Waals surface area contributed by atoms with Gasteiger partial charge in [0.05, 0.1) is 28.8 Å². The molecule has 0 unspecified atom stereocenters. The van der Waals surface area contributed by atoms with Gasteiger partial charge >= 0.3 is 0 Å². The second-order valence-corrected chi connectivity index (χ2v) is 5.15. The van der Waals surface area contributed by atoms with Crippen molar-refractivity contribution in [1.82, 2.24) is 15.1 Å². The quantitative estimate of drug-likeness (QED) is 0.808. The molecule has 4 nitrogen and oxygen atoms in total. The molecule has 1 heterocycles. The van der Waals surface area contributed by atoms with Gasteiger partial charge in [-0.1, -0.05) is 29.8 Å². The summed E-state index contributed by atoms with van der Waals surface area (Å²) in [5.41, 5.74) is 2.86. The van der Waals surface area contributed by atoms with E-state index in [1.807, 2.05) is 47.1 Å². The van der Waals surface area contributed by atoms with Crippen LogP contribution >= 0.6 is 11.6 Å². The minimum atomic E-state index is -0.000860. The van der Waals surface area contributed by atoms with Gasteiger partial charge in [-0.2, -0.15) is 5.10 Å². The fraction of sp³-hybridized carbons (Fsp3) is 0.125. The number of carbonyl (C=O) groups excluding carboxylic acids is 1. The van der Waals surface area contributed by atoms with Crippen molar-refractivity contribution in [2.75, 3.05) is 7.05 Å². The van der Waals surface area contributed by atoms with Gasteiger partial charge in [-0.3, -0.25) is 4.79 Å². The van der Waals surface area contributed by atoms with E-state index in [0.29, 0.717) is 11.4 Å². The van der Waals surface area contributed by atoms with Gasteiger partial charge in [0.25, 0.3) is 0 Å². The van der Waals surface area contributed by atoms with E-state index in [1.54, 1.807) is 13.2 Å². The average molecular weight is 300 g/mol. The molecule has 0 saturated carbocycles. The highest BCUT2D eigenvalue weighted by Crippen LogP contribution is 2.25. The fourth-order valence-electron chi connectivity index (χ4n) is 2.25. The first-order valence-electron chi connectivity index (χ1n) is 6.61. The zero-order valence-corrected chi connectivity index (χ0v) is 12.3. The number of amides is 1. The van der Waals surface area contributed by atoms with Gasteiger partial charge in [-0.25, -0.2) is 4.68 Å². The molecule has 0 radical (unpaired) electrons. The minimum Gasteiger partial charge on any atom is -0.359 e. The maximum atomic E-state index is 11.4. The Morgan fingerprint density at radius 3 is 2.71 bits per heavy atom. The second-order valence-electron chi connectivity index (χ2n) is 4.75. The third-order valence-electron chi connectivity index (χ3n) is 3.38. The van der Waals surface area contributed by atoms with E-state index >= 15 is 0 Å². The number of halogens is 1. The van der Waals surface area contributed by atoms with E-state index in [0.717, 1.165) is 22.2 Å². The standard InChI is InChI=1S/C16H14ClN3O/c1-18-16(21)9-11-5-7-12(8-6-11)20-15-4-2-3-14(17)13(15)10-19-20/h2-8,10H,9H2,1H3,(H,18,21). The lowest BCUT2D eigenvalue weighted by molar-refractivity contribution is -0.119. The Hall–Kier alpha value is -2.33. The summed E-state index contributed by atoms with van der Waals surface area (Å²) in [6.45, 7) is 0. The van der Waals surface area contributed by atoms with Gasteiger partial charge in [-0.15, -0.1) is 0 Å². The van der Waals surface area contributed by atoms with E-state index < -0.39 is 0 Å². The second kappa shape index (κ2) is 5.58. The molecule has 0 aliphatic carbocycles. The number of hydrogen-bond donors (Lipinski definition) is 1. The van der Waals surface area contributed by atoms with E-state index in [4.69, 9.17) is 11.6 Å². The van der Waals surface area contributed by atoms with Crippen molar-refractivity contribution in [1.29, 1.82) is 0 Å². The minimum absolute atomic E-state index is 0.000860. The number of nitrogens with one attached hydrogen (secondary N) is 1. The first kappa shape index (κ1) is 13.6. The Balaban J connectivity index is 1.96. The van der Waals surface area contributed by atoms with Crippen molar-refractivity contribution in [2.45, 2.75) is 6.42 Å². The number of benzene rings is 2. The van der Waals surface area contributed by atoms with Crippen LogP contribution in [0.4, 0.5) is 0 Å². The third-order valence-corrected chi connectivity index (χ3v) is 3.71. The van der Waals surface area contributed by atoms with E-state index in [2.05, 4.69) is 10.4 Å². The summed E-state index contributed by atoms with van der Waals surface area (Å²) in [4.78, 5) is 11.4. The molecule has 21 heavy (non-hydrogen) atoms. The number of rotatable bonds is 3. The summed E-state index contributed by atoms with van der Waals surface area (Å²) in [5.74, 6) is -0.000860. The summed E-state index contributed by atoms with van der Waals surface area (Å²) in [6.07, 6.45) is 2.14. The van der Waals surface area contributed by atoms with Crippen LogP contribution in [0.15, 0.2) is 48.7 Å². The highest BCUT2D eigenvalue weighted by Gasteiger charge is 2.07. The van der Waals surface area contributed by atoms with Gasteiger partial charge in [0, 0.05) is 12.4 Å². The lowest BCUT2D eigenvalue weighted by atomic mass is 10.1. The largest absolute Gasteiger partial charge is 0.359 e. The topological polar surface area (TPSA) is 46.9 Å². The SMILES string of the molecule is CNC(=O)Cc1ccc(-n2ncc3c(Cl)cccc32)cc1. The van der Waals surface area contributed by atoms with Crippen molar-refractivity contribution in [2.24, 2.45) is 0 Å².